The van der Waals surface area contributed by atoms with Crippen LogP contribution in [0.15, 0.2) is 54.6 Å². The van der Waals surface area contributed by atoms with Crippen LogP contribution in [-0.4, -0.2) is 83.0 Å². The maximum absolute atomic E-state index is 12.2. The summed E-state index contributed by atoms with van der Waals surface area (Å²) in [5.74, 6) is -0.383. The third-order valence-electron chi connectivity index (χ3n) is 5.45. The third-order valence-corrected chi connectivity index (χ3v) is 5.45. The number of benzene rings is 2. The summed E-state index contributed by atoms with van der Waals surface area (Å²) in [6, 6.07) is 14.4. The minimum Gasteiger partial charge on any atom is -0.467 e. The number of methoxy groups -OCH3 is 1. The summed E-state index contributed by atoms with van der Waals surface area (Å²) in [6.07, 6.45) is -7.66. The average Bonchev–Trinajstić information content (AvgIpc) is 2.88. The largest absolute Gasteiger partial charge is 0.467 e. The van der Waals surface area contributed by atoms with Crippen LogP contribution in [0, 0.1) is 0 Å². The SMILES string of the molecule is COC(=O)[C@H](Cc1ccc(O[C@@H]2O[C@H](CO)[C@@H](O)[C@H](O)[C@H]2O)cc1)NC(=O)OCc1ccccc1. The van der Waals surface area contributed by atoms with Crippen LogP contribution in [0.4, 0.5) is 4.79 Å². The second kappa shape index (κ2) is 12.5. The first-order chi connectivity index (χ1) is 16.8. The molecule has 2 aromatic rings. The Kier molecular flexibility index (Phi) is 9.40. The first-order valence-electron chi connectivity index (χ1n) is 10.9. The highest BCUT2D eigenvalue weighted by Crippen LogP contribution is 2.24. The van der Waals surface area contributed by atoms with Crippen LogP contribution in [0.2, 0.25) is 0 Å². The Morgan fingerprint density at radius 1 is 0.971 bits per heavy atom. The molecule has 11 heteroatoms. The number of ether oxygens (including phenoxy) is 4. The van der Waals surface area contributed by atoms with E-state index in [1.54, 1.807) is 36.4 Å². The zero-order chi connectivity index (χ0) is 25.4. The zero-order valence-corrected chi connectivity index (χ0v) is 19.0. The predicted molar refractivity (Wildman–Crippen MR) is 120 cm³/mol. The minimum atomic E-state index is -1.56. The molecule has 1 saturated heterocycles. The van der Waals surface area contributed by atoms with E-state index in [1.165, 1.54) is 7.11 Å². The lowest BCUT2D eigenvalue weighted by atomic mass is 9.99. The van der Waals surface area contributed by atoms with Crippen LogP contribution in [0.25, 0.3) is 0 Å². The van der Waals surface area contributed by atoms with Crippen molar-refractivity contribution in [3.8, 4) is 5.75 Å². The third kappa shape index (κ3) is 7.13. The van der Waals surface area contributed by atoms with Crippen LogP contribution in [-0.2, 0) is 32.0 Å². The predicted octanol–water partition coefficient (Wildman–Crippen LogP) is -0.124. The molecule has 1 heterocycles. The Bertz CT molecular complexity index is 953. The Labute approximate surface area is 201 Å². The van der Waals surface area contributed by atoms with E-state index in [0.717, 1.165) is 5.56 Å². The highest BCUT2D eigenvalue weighted by atomic mass is 16.7. The lowest BCUT2D eigenvalue weighted by molar-refractivity contribution is -0.277. The van der Waals surface area contributed by atoms with Crippen molar-refractivity contribution in [2.45, 2.75) is 49.8 Å². The molecule has 0 saturated carbocycles. The number of carbonyl (C=O) groups excluding carboxylic acids is 2. The number of hydrogen-bond acceptors (Lipinski definition) is 10. The van der Waals surface area contributed by atoms with Gasteiger partial charge >= 0.3 is 12.1 Å². The quantitative estimate of drug-likeness (QED) is 0.299. The number of aliphatic hydroxyl groups excluding tert-OH is 4. The number of esters is 1. The van der Waals surface area contributed by atoms with Gasteiger partial charge in [-0.1, -0.05) is 42.5 Å². The standard InChI is InChI=1S/C24H29NO10/c1-32-22(30)17(25-24(31)33-13-15-5-3-2-4-6-15)11-14-7-9-16(10-8-14)34-23-21(29)20(28)19(27)18(12-26)35-23/h2-10,17-21,23,26-29H,11-13H2,1H3,(H,25,31)/t17-,18+,19+,20-,21+,23+/m0/s1. The summed E-state index contributed by atoms with van der Waals surface area (Å²) in [6.45, 7) is -0.524. The normalized spacial score (nSPS) is 24.8. The smallest absolute Gasteiger partial charge is 0.408 e. The maximum Gasteiger partial charge on any atom is 0.408 e. The van der Waals surface area contributed by atoms with Crippen molar-refractivity contribution < 1.29 is 49.0 Å². The van der Waals surface area contributed by atoms with Gasteiger partial charge in [-0.15, -0.1) is 0 Å². The Morgan fingerprint density at radius 2 is 1.66 bits per heavy atom. The molecule has 0 aromatic heterocycles. The van der Waals surface area contributed by atoms with Crippen LogP contribution >= 0.6 is 0 Å². The molecule has 0 bridgehead atoms. The molecular formula is C24H29NO10. The summed E-state index contributed by atoms with van der Waals surface area (Å²) in [7, 11) is 1.21. The molecule has 0 spiro atoms. The van der Waals surface area contributed by atoms with Gasteiger partial charge in [-0.25, -0.2) is 9.59 Å². The fourth-order valence-corrected chi connectivity index (χ4v) is 3.48. The van der Waals surface area contributed by atoms with Crippen molar-refractivity contribution in [3.05, 3.63) is 65.7 Å². The van der Waals surface area contributed by atoms with E-state index < -0.39 is 55.4 Å². The van der Waals surface area contributed by atoms with Gasteiger partial charge in [-0.05, 0) is 23.3 Å². The van der Waals surface area contributed by atoms with E-state index in [-0.39, 0.29) is 18.8 Å². The maximum atomic E-state index is 12.2. The highest BCUT2D eigenvalue weighted by molar-refractivity contribution is 5.81. The zero-order valence-electron chi connectivity index (χ0n) is 19.0. The topological polar surface area (TPSA) is 164 Å². The second-order valence-corrected chi connectivity index (χ2v) is 7.95. The van der Waals surface area contributed by atoms with E-state index in [4.69, 9.17) is 18.9 Å². The first-order valence-corrected chi connectivity index (χ1v) is 10.9. The molecule has 35 heavy (non-hydrogen) atoms. The van der Waals surface area contributed by atoms with Crippen molar-refractivity contribution in [2.24, 2.45) is 0 Å². The minimum absolute atomic E-state index is 0.0462. The fourth-order valence-electron chi connectivity index (χ4n) is 3.48. The van der Waals surface area contributed by atoms with Crippen molar-refractivity contribution in [1.82, 2.24) is 5.32 Å². The molecule has 2 aromatic carbocycles. The van der Waals surface area contributed by atoms with Gasteiger partial charge in [0.05, 0.1) is 13.7 Å². The highest BCUT2D eigenvalue weighted by Gasteiger charge is 2.44. The van der Waals surface area contributed by atoms with Gasteiger partial charge in [0.2, 0.25) is 6.29 Å². The molecule has 1 fully saturated rings. The van der Waals surface area contributed by atoms with E-state index in [1.807, 2.05) is 18.2 Å². The Hall–Kier alpha value is -3.22. The molecule has 1 amide bonds. The Balaban J connectivity index is 1.58. The van der Waals surface area contributed by atoms with Crippen LogP contribution < -0.4 is 10.1 Å². The molecule has 0 aliphatic carbocycles. The van der Waals surface area contributed by atoms with Crippen molar-refractivity contribution in [3.63, 3.8) is 0 Å². The van der Waals surface area contributed by atoms with Gasteiger partial charge in [-0.2, -0.15) is 0 Å². The van der Waals surface area contributed by atoms with Crippen LogP contribution in [0.1, 0.15) is 11.1 Å². The second-order valence-electron chi connectivity index (χ2n) is 7.95. The molecule has 1 aliphatic heterocycles. The van der Waals surface area contributed by atoms with Gasteiger partial charge in [0.25, 0.3) is 0 Å². The summed E-state index contributed by atoms with van der Waals surface area (Å²) < 4.78 is 20.8. The van der Waals surface area contributed by atoms with Crippen molar-refractivity contribution in [2.75, 3.05) is 13.7 Å². The molecular weight excluding hydrogens is 462 g/mol. The monoisotopic (exact) mass is 491 g/mol. The molecule has 0 radical (unpaired) electrons. The molecule has 6 atom stereocenters. The molecule has 3 rings (SSSR count). The van der Waals surface area contributed by atoms with E-state index >= 15 is 0 Å². The lowest BCUT2D eigenvalue weighted by Crippen LogP contribution is -2.60. The molecule has 5 N–H and O–H groups in total. The molecule has 11 nitrogen and oxygen atoms in total. The van der Waals surface area contributed by atoms with Crippen molar-refractivity contribution in [1.29, 1.82) is 0 Å². The number of rotatable bonds is 9. The number of amides is 1. The van der Waals surface area contributed by atoms with Gasteiger partial charge in [-0.3, -0.25) is 0 Å². The van der Waals surface area contributed by atoms with Gasteiger partial charge in [0, 0.05) is 6.42 Å². The first kappa shape index (κ1) is 26.4. The summed E-state index contributed by atoms with van der Waals surface area (Å²) in [5, 5.41) is 41.6. The average molecular weight is 491 g/mol. The number of alkyl carbamates (subject to hydrolysis) is 1. The number of hydrogen-bond donors (Lipinski definition) is 5. The Morgan fingerprint density at radius 3 is 2.29 bits per heavy atom. The number of nitrogens with one attached hydrogen (secondary N) is 1. The number of carbonyl (C=O) groups is 2. The fraction of sp³-hybridized carbons (Fsp3) is 0.417. The summed E-state index contributed by atoms with van der Waals surface area (Å²) in [4.78, 5) is 24.4. The van der Waals surface area contributed by atoms with E-state index in [9.17, 15) is 30.0 Å². The van der Waals surface area contributed by atoms with Crippen LogP contribution in [0.3, 0.4) is 0 Å². The molecule has 0 unspecified atom stereocenters. The lowest BCUT2D eigenvalue weighted by Gasteiger charge is -2.39. The van der Waals surface area contributed by atoms with Crippen molar-refractivity contribution >= 4 is 12.1 Å². The van der Waals surface area contributed by atoms with Gasteiger partial charge in [0.15, 0.2) is 0 Å². The molecule has 1 aliphatic rings. The number of aliphatic hydroxyl groups is 4. The van der Waals surface area contributed by atoms with Gasteiger partial charge < -0.3 is 44.7 Å². The van der Waals surface area contributed by atoms with E-state index in [2.05, 4.69) is 5.32 Å². The van der Waals surface area contributed by atoms with Crippen LogP contribution in [0.5, 0.6) is 5.75 Å². The molecule has 190 valence electrons. The summed E-state index contributed by atoms with van der Waals surface area (Å²) in [5.41, 5.74) is 1.46. The van der Waals surface area contributed by atoms with Gasteiger partial charge in [0.1, 0.15) is 42.8 Å². The van der Waals surface area contributed by atoms with E-state index in [0.29, 0.717) is 5.56 Å². The summed E-state index contributed by atoms with van der Waals surface area (Å²) >= 11 is 0.